The van der Waals surface area contributed by atoms with Crippen LogP contribution in [0.4, 0.5) is 13.2 Å². The minimum Gasteiger partial charge on any atom is -0.496 e. The van der Waals surface area contributed by atoms with Crippen molar-refractivity contribution in [1.29, 1.82) is 10.5 Å². The first kappa shape index (κ1) is 23.1. The van der Waals surface area contributed by atoms with Crippen molar-refractivity contribution in [3.8, 4) is 29.4 Å². The molecule has 2 aromatic rings. The van der Waals surface area contributed by atoms with Crippen LogP contribution in [-0.2, 0) is 10.8 Å². The zero-order valence-electron chi connectivity index (χ0n) is 18.0. The monoisotopic (exact) mass is 416 g/mol. The molecule has 0 aliphatic rings. The average molecular weight is 416 g/mol. The largest absolute Gasteiger partial charge is 0.496 e. The van der Waals surface area contributed by atoms with Gasteiger partial charge >= 0.3 is 0 Å². The van der Waals surface area contributed by atoms with Gasteiger partial charge in [-0.3, -0.25) is 0 Å². The summed E-state index contributed by atoms with van der Waals surface area (Å²) < 4.78 is 54.8. The summed E-state index contributed by atoms with van der Waals surface area (Å²) in [6, 6.07) is 6.04. The van der Waals surface area contributed by atoms with E-state index in [2.05, 4.69) is 0 Å². The molecule has 2 aromatic carbocycles. The summed E-state index contributed by atoms with van der Waals surface area (Å²) in [6.07, 6.45) is 0. The van der Waals surface area contributed by atoms with Crippen LogP contribution in [0.5, 0.6) is 17.2 Å². The summed E-state index contributed by atoms with van der Waals surface area (Å²) in [6.45, 7) is 11.4. The molecule has 0 amide bonds. The van der Waals surface area contributed by atoms with Crippen molar-refractivity contribution in [2.45, 2.75) is 52.4 Å². The quantitative estimate of drug-likeness (QED) is 0.555. The van der Waals surface area contributed by atoms with Crippen molar-refractivity contribution in [2.24, 2.45) is 0 Å². The number of halogens is 3. The van der Waals surface area contributed by atoms with Crippen molar-refractivity contribution >= 4 is 0 Å². The molecule has 30 heavy (non-hydrogen) atoms. The Morgan fingerprint density at radius 3 is 1.60 bits per heavy atom. The summed E-state index contributed by atoms with van der Waals surface area (Å²) >= 11 is 0. The lowest BCUT2D eigenvalue weighted by atomic mass is 9.81. The van der Waals surface area contributed by atoms with Gasteiger partial charge < -0.3 is 9.47 Å². The van der Waals surface area contributed by atoms with Gasteiger partial charge in [-0.2, -0.15) is 14.9 Å². The third kappa shape index (κ3) is 4.07. The Balaban J connectivity index is 2.86. The third-order valence-corrected chi connectivity index (χ3v) is 4.63. The molecule has 0 spiro atoms. The minimum atomic E-state index is -1.67. The highest BCUT2D eigenvalue weighted by molar-refractivity contribution is 5.56. The molecule has 4 nitrogen and oxygen atoms in total. The zero-order valence-corrected chi connectivity index (χ0v) is 18.0. The van der Waals surface area contributed by atoms with E-state index in [0.717, 1.165) is 0 Å². The van der Waals surface area contributed by atoms with Gasteiger partial charge in [-0.25, -0.2) is 8.78 Å². The zero-order chi connectivity index (χ0) is 23.0. The Hall–Kier alpha value is -3.19. The molecule has 0 aliphatic heterocycles. The molecule has 0 bridgehead atoms. The second kappa shape index (κ2) is 7.91. The van der Waals surface area contributed by atoms with Crippen LogP contribution in [0, 0.1) is 40.1 Å². The Bertz CT molecular complexity index is 1080. The van der Waals surface area contributed by atoms with Gasteiger partial charge in [0.05, 0.1) is 7.11 Å². The van der Waals surface area contributed by atoms with E-state index >= 15 is 0 Å². The summed E-state index contributed by atoms with van der Waals surface area (Å²) in [7, 11) is 1.52. The maximum Gasteiger partial charge on any atom is 0.205 e. The van der Waals surface area contributed by atoms with Gasteiger partial charge in [0.25, 0.3) is 0 Å². The smallest absolute Gasteiger partial charge is 0.205 e. The van der Waals surface area contributed by atoms with Crippen molar-refractivity contribution in [1.82, 2.24) is 0 Å². The molecule has 2 rings (SSSR count). The number of hydrogen-bond donors (Lipinski definition) is 0. The summed E-state index contributed by atoms with van der Waals surface area (Å²) in [5.41, 5.74) is -1.55. The molecule has 0 unspecified atom stereocenters. The Morgan fingerprint density at radius 2 is 1.17 bits per heavy atom. The first-order valence-electron chi connectivity index (χ1n) is 9.19. The van der Waals surface area contributed by atoms with E-state index in [9.17, 15) is 13.2 Å². The van der Waals surface area contributed by atoms with Crippen LogP contribution in [0.1, 0.15) is 63.8 Å². The summed E-state index contributed by atoms with van der Waals surface area (Å²) in [4.78, 5) is 0. The van der Waals surface area contributed by atoms with E-state index in [1.54, 1.807) is 12.1 Å². The van der Waals surface area contributed by atoms with Crippen LogP contribution < -0.4 is 9.47 Å². The van der Waals surface area contributed by atoms with Crippen LogP contribution >= 0.6 is 0 Å². The van der Waals surface area contributed by atoms with Crippen LogP contribution in [0.2, 0.25) is 0 Å². The highest BCUT2D eigenvalue weighted by Crippen LogP contribution is 2.44. The van der Waals surface area contributed by atoms with Crippen molar-refractivity contribution in [3.63, 3.8) is 0 Å². The van der Waals surface area contributed by atoms with E-state index in [4.69, 9.17) is 20.0 Å². The molecule has 0 aliphatic carbocycles. The van der Waals surface area contributed by atoms with Gasteiger partial charge in [-0.15, -0.1) is 0 Å². The number of nitriles is 2. The normalized spacial score (nSPS) is 11.6. The maximum absolute atomic E-state index is 14.8. The molecule has 0 aromatic heterocycles. The van der Waals surface area contributed by atoms with Gasteiger partial charge in [-0.05, 0) is 23.0 Å². The molecule has 158 valence electrons. The molecule has 0 fully saturated rings. The molecule has 0 saturated carbocycles. The fraction of sp³-hybridized carbons (Fsp3) is 0.391. The third-order valence-electron chi connectivity index (χ3n) is 4.63. The fourth-order valence-electron chi connectivity index (χ4n) is 3.03. The number of benzene rings is 2. The van der Waals surface area contributed by atoms with Crippen molar-refractivity contribution < 1.29 is 22.6 Å². The number of methoxy groups -OCH3 is 1. The maximum atomic E-state index is 14.8. The average Bonchev–Trinajstić information content (AvgIpc) is 2.65. The molecular formula is C23H23F3N2O2. The highest BCUT2D eigenvalue weighted by Gasteiger charge is 2.31. The molecular weight excluding hydrogens is 393 g/mol. The first-order valence-corrected chi connectivity index (χ1v) is 9.19. The van der Waals surface area contributed by atoms with Gasteiger partial charge in [0.15, 0.2) is 11.6 Å². The summed E-state index contributed by atoms with van der Waals surface area (Å²) in [5, 5.41) is 18.1. The van der Waals surface area contributed by atoms with Gasteiger partial charge in [0, 0.05) is 11.1 Å². The van der Waals surface area contributed by atoms with Crippen LogP contribution in [0.3, 0.4) is 0 Å². The van der Waals surface area contributed by atoms with E-state index < -0.39 is 45.2 Å². The highest BCUT2D eigenvalue weighted by atomic mass is 19.2. The Kier molecular flexibility index (Phi) is 6.09. The molecule has 0 N–H and O–H groups in total. The number of rotatable bonds is 3. The number of hydrogen-bond acceptors (Lipinski definition) is 4. The summed E-state index contributed by atoms with van der Waals surface area (Å²) in [5.74, 6) is -5.13. The van der Waals surface area contributed by atoms with Gasteiger partial charge in [0.2, 0.25) is 11.6 Å². The predicted octanol–water partition coefficient (Wildman–Crippen LogP) is 6.24. The lowest BCUT2D eigenvalue weighted by Gasteiger charge is -2.28. The second-order valence-corrected chi connectivity index (χ2v) is 8.90. The molecule has 0 atom stereocenters. The topological polar surface area (TPSA) is 66.0 Å². The van der Waals surface area contributed by atoms with Crippen LogP contribution in [0.25, 0.3) is 0 Å². The predicted molar refractivity (Wildman–Crippen MR) is 106 cm³/mol. The Labute approximate surface area is 174 Å². The van der Waals surface area contributed by atoms with Crippen LogP contribution in [-0.4, -0.2) is 7.11 Å². The van der Waals surface area contributed by atoms with Crippen molar-refractivity contribution in [3.05, 3.63) is 51.8 Å². The molecule has 0 heterocycles. The van der Waals surface area contributed by atoms with Gasteiger partial charge in [-0.1, -0.05) is 41.5 Å². The number of nitrogens with zero attached hydrogens (tertiary/aromatic N) is 2. The van der Waals surface area contributed by atoms with Crippen LogP contribution in [0.15, 0.2) is 12.1 Å². The fourth-order valence-corrected chi connectivity index (χ4v) is 3.03. The SMILES string of the molecule is COc1cc(C(C)(C)C)c(Oc2c(F)c(F)c(C#N)c(C#N)c2F)cc1C(C)(C)C. The first-order chi connectivity index (χ1) is 13.8. The van der Waals surface area contributed by atoms with E-state index in [1.165, 1.54) is 19.2 Å². The van der Waals surface area contributed by atoms with Gasteiger partial charge in [0.1, 0.15) is 34.8 Å². The molecule has 0 saturated heterocycles. The standard InChI is InChI=1S/C23H23F3N2O2/c1-22(2,3)14-9-17(15(23(4,5)6)8-16(14)29-7)30-21-19(25)13(11-28)12(10-27)18(24)20(21)26/h8-9H,1-7H3. The molecule has 7 heteroatoms. The number of ether oxygens (including phenoxy) is 2. The lowest BCUT2D eigenvalue weighted by molar-refractivity contribution is 0.368. The van der Waals surface area contributed by atoms with Crippen molar-refractivity contribution in [2.75, 3.05) is 7.11 Å². The van der Waals surface area contributed by atoms with E-state index in [1.807, 2.05) is 41.5 Å². The molecule has 0 radical (unpaired) electrons. The lowest BCUT2D eigenvalue weighted by Crippen LogP contribution is -2.18. The van der Waals surface area contributed by atoms with E-state index in [-0.39, 0.29) is 5.75 Å². The Morgan fingerprint density at radius 1 is 0.733 bits per heavy atom. The second-order valence-electron chi connectivity index (χ2n) is 8.90. The minimum absolute atomic E-state index is 0.0963. The van der Waals surface area contributed by atoms with E-state index in [0.29, 0.717) is 16.9 Å².